The molecule has 2 aliphatic rings. The normalized spacial score (nSPS) is 16.4. The maximum atomic E-state index is 12.9. The third-order valence-electron chi connectivity index (χ3n) is 7.10. The van der Waals surface area contributed by atoms with Gasteiger partial charge in [-0.2, -0.15) is 0 Å². The first-order valence-corrected chi connectivity index (χ1v) is 13.8. The number of carbonyl (C=O) groups is 1. The largest absolute Gasteiger partial charge is 0.490 e. The van der Waals surface area contributed by atoms with Gasteiger partial charge in [0, 0.05) is 35.3 Å². The van der Waals surface area contributed by atoms with Gasteiger partial charge >= 0.3 is 5.97 Å². The Kier molecular flexibility index (Phi) is 7.15. The third kappa shape index (κ3) is 5.51. The van der Waals surface area contributed by atoms with Gasteiger partial charge in [-0.3, -0.25) is 4.99 Å². The summed E-state index contributed by atoms with van der Waals surface area (Å²) in [6.45, 7) is 13.8. The molecule has 3 aromatic rings. The van der Waals surface area contributed by atoms with Crippen LogP contribution in [0.3, 0.4) is 0 Å². The van der Waals surface area contributed by atoms with Crippen LogP contribution in [-0.2, 0) is 24.1 Å². The molecule has 204 valence electrons. The maximum Gasteiger partial charge on any atom is 0.340 e. The Morgan fingerprint density at radius 3 is 2.49 bits per heavy atom. The van der Waals surface area contributed by atoms with E-state index in [1.54, 1.807) is 0 Å². The van der Waals surface area contributed by atoms with Gasteiger partial charge < -0.3 is 19.5 Å². The highest BCUT2D eigenvalue weighted by Crippen LogP contribution is 2.48. The minimum atomic E-state index is -0.344. The third-order valence-corrected chi connectivity index (χ3v) is 7.10. The smallest absolute Gasteiger partial charge is 0.340 e. The molecule has 0 atom stereocenters. The van der Waals surface area contributed by atoms with Crippen LogP contribution in [0, 0.1) is 0 Å². The number of nitrogens with one attached hydrogen (secondary N) is 1. The summed E-state index contributed by atoms with van der Waals surface area (Å²) in [5, 5.41) is 3.48. The van der Waals surface area contributed by atoms with Crippen molar-refractivity contribution >= 4 is 17.4 Å². The summed E-state index contributed by atoms with van der Waals surface area (Å²) < 4.78 is 17.8. The Labute approximate surface area is 231 Å². The first-order chi connectivity index (χ1) is 18.6. The lowest BCUT2D eigenvalue weighted by molar-refractivity contribution is 0.0527. The monoisotopic (exact) mass is 526 g/mol. The summed E-state index contributed by atoms with van der Waals surface area (Å²) in [5.41, 5.74) is 7.06. The molecule has 1 N–H and O–H groups in total. The average molecular weight is 527 g/mol. The molecule has 39 heavy (non-hydrogen) atoms. The fourth-order valence-electron chi connectivity index (χ4n) is 5.56. The number of hydrogen-bond donors (Lipinski definition) is 1. The maximum absolute atomic E-state index is 12.9. The van der Waals surface area contributed by atoms with Crippen molar-refractivity contribution in [3.63, 3.8) is 0 Å². The highest BCUT2D eigenvalue weighted by atomic mass is 16.5. The molecular formula is C33H38N2O4. The molecule has 3 aromatic carbocycles. The lowest BCUT2D eigenvalue weighted by Crippen LogP contribution is -2.30. The van der Waals surface area contributed by atoms with Gasteiger partial charge in [0.1, 0.15) is 5.60 Å². The Morgan fingerprint density at radius 1 is 1.00 bits per heavy atom. The molecule has 0 bridgehead atoms. The van der Waals surface area contributed by atoms with E-state index in [0.29, 0.717) is 25.3 Å². The summed E-state index contributed by atoms with van der Waals surface area (Å²) in [4.78, 5) is 18.1. The molecule has 6 nitrogen and oxygen atoms in total. The SMILES string of the molecule is CCOC(=O)c1ccc(C2=NC(C)(C)Cc3cc(OCC)c4c(c32)CC(C)(C)O4)cc1NCc1ccccc1. The first-order valence-electron chi connectivity index (χ1n) is 13.8. The minimum Gasteiger partial charge on any atom is -0.490 e. The van der Waals surface area contributed by atoms with E-state index in [1.165, 1.54) is 5.56 Å². The number of benzene rings is 3. The molecule has 0 fully saturated rings. The Morgan fingerprint density at radius 2 is 1.77 bits per heavy atom. The molecule has 0 aromatic heterocycles. The fourth-order valence-corrected chi connectivity index (χ4v) is 5.56. The van der Waals surface area contributed by atoms with Gasteiger partial charge in [0.2, 0.25) is 0 Å². The van der Waals surface area contributed by atoms with Crippen LogP contribution in [0.4, 0.5) is 5.69 Å². The van der Waals surface area contributed by atoms with Crippen molar-refractivity contribution in [2.24, 2.45) is 4.99 Å². The van der Waals surface area contributed by atoms with Gasteiger partial charge in [0.15, 0.2) is 11.5 Å². The molecule has 0 aliphatic carbocycles. The summed E-state index contributed by atoms with van der Waals surface area (Å²) in [6, 6.07) is 18.1. The van der Waals surface area contributed by atoms with Gasteiger partial charge in [0.25, 0.3) is 0 Å². The minimum absolute atomic E-state index is 0.299. The van der Waals surface area contributed by atoms with Crippen LogP contribution in [0.2, 0.25) is 0 Å². The van der Waals surface area contributed by atoms with Gasteiger partial charge in [0.05, 0.1) is 30.0 Å². The summed E-state index contributed by atoms with van der Waals surface area (Å²) in [7, 11) is 0. The number of fused-ring (bicyclic) bond motifs is 3. The number of rotatable bonds is 8. The second-order valence-electron chi connectivity index (χ2n) is 11.5. The molecule has 2 aliphatic heterocycles. The van der Waals surface area contributed by atoms with Crippen molar-refractivity contribution < 1.29 is 19.0 Å². The van der Waals surface area contributed by atoms with E-state index < -0.39 is 0 Å². The van der Waals surface area contributed by atoms with Crippen molar-refractivity contribution in [2.75, 3.05) is 18.5 Å². The standard InChI is InChI=1S/C33H38N2O4/c1-7-37-27-17-23-18-32(3,4)35-29(28(23)25-19-33(5,6)39-30(25)27)22-14-15-24(31(36)38-8-2)26(16-22)34-20-21-12-10-9-11-13-21/h9-17,34H,7-8,18-20H2,1-6H3. The van der Waals surface area contributed by atoms with Gasteiger partial charge in [-0.1, -0.05) is 36.4 Å². The highest BCUT2D eigenvalue weighted by molar-refractivity contribution is 6.17. The molecule has 0 amide bonds. The van der Waals surface area contributed by atoms with Gasteiger partial charge in [-0.15, -0.1) is 0 Å². The highest BCUT2D eigenvalue weighted by Gasteiger charge is 2.40. The zero-order valence-electron chi connectivity index (χ0n) is 23.8. The van der Waals surface area contributed by atoms with E-state index in [-0.39, 0.29) is 17.1 Å². The molecule has 0 saturated heterocycles. The lowest BCUT2D eigenvalue weighted by atomic mass is 9.80. The van der Waals surface area contributed by atoms with Crippen molar-refractivity contribution in [1.82, 2.24) is 0 Å². The Hall–Kier alpha value is -3.80. The number of ether oxygens (including phenoxy) is 3. The molecule has 5 rings (SSSR count). The Bertz CT molecular complexity index is 1420. The Balaban J connectivity index is 1.63. The van der Waals surface area contributed by atoms with Crippen LogP contribution in [0.1, 0.15) is 79.7 Å². The predicted molar refractivity (Wildman–Crippen MR) is 156 cm³/mol. The number of nitrogens with zero attached hydrogens (tertiary/aromatic N) is 1. The van der Waals surface area contributed by atoms with E-state index in [1.807, 2.05) is 50.2 Å². The average Bonchev–Trinajstić information content (AvgIpc) is 3.22. The number of anilines is 1. The predicted octanol–water partition coefficient (Wildman–Crippen LogP) is 6.76. The van der Waals surface area contributed by atoms with Crippen molar-refractivity contribution in [2.45, 2.75) is 72.1 Å². The lowest BCUT2D eigenvalue weighted by Gasteiger charge is -2.31. The fraction of sp³-hybridized carbons (Fsp3) is 0.394. The molecule has 2 heterocycles. The van der Waals surface area contributed by atoms with Crippen LogP contribution < -0.4 is 14.8 Å². The van der Waals surface area contributed by atoms with Crippen LogP contribution in [0.15, 0.2) is 59.6 Å². The molecule has 0 radical (unpaired) electrons. The van der Waals surface area contributed by atoms with Crippen LogP contribution in [-0.4, -0.2) is 36.0 Å². The number of carbonyl (C=O) groups excluding carboxylic acids is 1. The summed E-state index contributed by atoms with van der Waals surface area (Å²) in [6.07, 6.45) is 1.57. The second kappa shape index (κ2) is 10.4. The summed E-state index contributed by atoms with van der Waals surface area (Å²) >= 11 is 0. The number of aliphatic imine (C=N–C) groups is 1. The van der Waals surface area contributed by atoms with Crippen molar-refractivity contribution in [1.29, 1.82) is 0 Å². The van der Waals surface area contributed by atoms with E-state index in [0.717, 1.165) is 58.0 Å². The topological polar surface area (TPSA) is 69.2 Å². The zero-order chi connectivity index (χ0) is 27.8. The molecular weight excluding hydrogens is 488 g/mol. The van der Waals surface area contributed by atoms with E-state index in [9.17, 15) is 4.79 Å². The van der Waals surface area contributed by atoms with Crippen LogP contribution in [0.5, 0.6) is 11.5 Å². The second-order valence-corrected chi connectivity index (χ2v) is 11.5. The molecule has 0 spiro atoms. The van der Waals surface area contributed by atoms with E-state index in [2.05, 4.69) is 51.2 Å². The zero-order valence-corrected chi connectivity index (χ0v) is 23.8. The van der Waals surface area contributed by atoms with Gasteiger partial charge in [-0.25, -0.2) is 4.79 Å². The van der Waals surface area contributed by atoms with Crippen molar-refractivity contribution in [3.05, 3.63) is 88.0 Å². The van der Waals surface area contributed by atoms with Crippen LogP contribution >= 0.6 is 0 Å². The number of esters is 1. The first kappa shape index (κ1) is 26.8. The summed E-state index contributed by atoms with van der Waals surface area (Å²) in [5.74, 6) is 1.28. The van der Waals surface area contributed by atoms with E-state index >= 15 is 0 Å². The van der Waals surface area contributed by atoms with Crippen molar-refractivity contribution in [3.8, 4) is 11.5 Å². The van der Waals surface area contributed by atoms with Gasteiger partial charge in [-0.05, 0) is 77.3 Å². The van der Waals surface area contributed by atoms with Crippen LogP contribution in [0.25, 0.3) is 0 Å². The molecule has 6 heteroatoms. The number of hydrogen-bond acceptors (Lipinski definition) is 6. The quantitative estimate of drug-likeness (QED) is 0.329. The molecule has 0 saturated carbocycles. The molecule has 0 unspecified atom stereocenters. The van der Waals surface area contributed by atoms with E-state index in [4.69, 9.17) is 19.2 Å².